The van der Waals surface area contributed by atoms with Crippen molar-refractivity contribution in [3.05, 3.63) is 18.1 Å². The van der Waals surface area contributed by atoms with Crippen molar-refractivity contribution in [2.24, 2.45) is 5.92 Å². The topological polar surface area (TPSA) is 74.3 Å². The maximum absolute atomic E-state index is 12.7. The summed E-state index contributed by atoms with van der Waals surface area (Å²) in [5.41, 5.74) is 2.99. The first-order valence-corrected chi connectivity index (χ1v) is 10.3. The Morgan fingerprint density at radius 1 is 1.15 bits per heavy atom. The van der Waals surface area contributed by atoms with E-state index in [2.05, 4.69) is 25.8 Å². The van der Waals surface area contributed by atoms with E-state index in [0.717, 1.165) is 75.4 Å². The Hall–Kier alpha value is -2.15. The number of rotatable bonds is 3. The number of ether oxygens (including phenoxy) is 1. The molecule has 0 spiro atoms. The van der Waals surface area contributed by atoms with Crippen LogP contribution in [-0.4, -0.2) is 64.1 Å². The van der Waals surface area contributed by atoms with E-state index in [4.69, 9.17) is 9.72 Å². The second-order valence-corrected chi connectivity index (χ2v) is 8.52. The summed E-state index contributed by atoms with van der Waals surface area (Å²) in [7, 11) is 0. The lowest BCUT2D eigenvalue weighted by atomic mass is 10.1. The third-order valence-electron chi connectivity index (χ3n) is 6.71. The molecule has 27 heavy (non-hydrogen) atoms. The number of piperazine rings is 1. The van der Waals surface area contributed by atoms with Crippen molar-refractivity contribution in [2.75, 3.05) is 31.2 Å². The molecule has 6 rings (SSSR count). The van der Waals surface area contributed by atoms with Crippen molar-refractivity contribution in [3.8, 4) is 0 Å². The molecule has 1 amide bonds. The van der Waals surface area contributed by atoms with Crippen LogP contribution < -0.4 is 4.90 Å². The fourth-order valence-electron chi connectivity index (χ4n) is 5.12. The zero-order valence-electron chi connectivity index (χ0n) is 15.4. The second kappa shape index (κ2) is 5.92. The Labute approximate surface area is 158 Å². The number of nitrogens with one attached hydrogen (secondary N) is 1. The SMILES string of the molecule is O=C(C1CC1)N1C2CCC1CN(c1ccnc3nc(C4CCOC4)[nH]c13)C2. The number of amides is 1. The van der Waals surface area contributed by atoms with E-state index in [1.807, 2.05) is 6.20 Å². The van der Waals surface area contributed by atoms with Gasteiger partial charge in [-0.1, -0.05) is 0 Å². The molecule has 3 saturated heterocycles. The predicted molar refractivity (Wildman–Crippen MR) is 101 cm³/mol. The number of fused-ring (bicyclic) bond motifs is 3. The number of hydrogen-bond donors (Lipinski definition) is 1. The van der Waals surface area contributed by atoms with Crippen molar-refractivity contribution >= 4 is 22.8 Å². The van der Waals surface area contributed by atoms with E-state index in [9.17, 15) is 4.79 Å². The minimum Gasteiger partial charge on any atom is -0.381 e. The number of aromatic nitrogens is 3. The van der Waals surface area contributed by atoms with Crippen LogP contribution in [0, 0.1) is 5.92 Å². The van der Waals surface area contributed by atoms with Gasteiger partial charge in [0.05, 0.1) is 12.3 Å². The number of imidazole rings is 1. The molecule has 1 N–H and O–H groups in total. The molecule has 3 atom stereocenters. The van der Waals surface area contributed by atoms with Crippen LogP contribution in [0.4, 0.5) is 5.69 Å². The van der Waals surface area contributed by atoms with E-state index in [1.165, 1.54) is 5.69 Å². The second-order valence-electron chi connectivity index (χ2n) is 8.52. The third kappa shape index (κ3) is 2.55. The van der Waals surface area contributed by atoms with Gasteiger partial charge < -0.3 is 19.5 Å². The van der Waals surface area contributed by atoms with Crippen molar-refractivity contribution in [2.45, 2.75) is 50.1 Å². The molecule has 5 heterocycles. The number of nitrogens with zero attached hydrogens (tertiary/aromatic N) is 4. The molecule has 2 bridgehead atoms. The van der Waals surface area contributed by atoms with E-state index in [0.29, 0.717) is 29.8 Å². The van der Waals surface area contributed by atoms with Gasteiger partial charge in [-0.15, -0.1) is 0 Å². The lowest BCUT2D eigenvalue weighted by Gasteiger charge is -2.42. The summed E-state index contributed by atoms with van der Waals surface area (Å²) < 4.78 is 5.52. The number of carbonyl (C=O) groups is 1. The molecule has 4 aliphatic rings. The number of carbonyl (C=O) groups excluding carboxylic acids is 1. The summed E-state index contributed by atoms with van der Waals surface area (Å²) in [5.74, 6) is 2.06. The van der Waals surface area contributed by atoms with Gasteiger partial charge >= 0.3 is 0 Å². The number of hydrogen-bond acceptors (Lipinski definition) is 5. The number of aromatic amines is 1. The number of anilines is 1. The standard InChI is InChI=1S/C20H25N5O2/c26-20(12-1-2-12)25-14-3-4-15(25)10-24(9-14)16-5-7-21-19-17(16)22-18(23-19)13-6-8-27-11-13/h5,7,12-15H,1-4,6,8-11H2,(H,21,22,23). The molecule has 0 radical (unpaired) electrons. The average molecular weight is 367 g/mol. The highest BCUT2D eigenvalue weighted by Gasteiger charge is 2.46. The molecule has 1 aliphatic carbocycles. The monoisotopic (exact) mass is 367 g/mol. The fraction of sp³-hybridized carbons (Fsp3) is 0.650. The molecule has 7 heteroatoms. The van der Waals surface area contributed by atoms with Gasteiger partial charge in [-0.05, 0) is 38.2 Å². The smallest absolute Gasteiger partial charge is 0.226 e. The normalized spacial score (nSPS) is 30.4. The summed E-state index contributed by atoms with van der Waals surface area (Å²) >= 11 is 0. The molecule has 2 aromatic rings. The molecule has 1 saturated carbocycles. The van der Waals surface area contributed by atoms with Gasteiger partial charge in [0.25, 0.3) is 0 Å². The molecular formula is C20H25N5O2. The quantitative estimate of drug-likeness (QED) is 0.899. The molecule has 3 aliphatic heterocycles. The average Bonchev–Trinajstić information content (AvgIpc) is 3.10. The van der Waals surface area contributed by atoms with Crippen LogP contribution in [0.1, 0.15) is 43.8 Å². The van der Waals surface area contributed by atoms with Gasteiger partial charge in [-0.2, -0.15) is 0 Å². The van der Waals surface area contributed by atoms with E-state index < -0.39 is 0 Å². The molecule has 2 aromatic heterocycles. The van der Waals surface area contributed by atoms with Crippen molar-refractivity contribution < 1.29 is 9.53 Å². The zero-order valence-corrected chi connectivity index (χ0v) is 15.4. The first-order valence-electron chi connectivity index (χ1n) is 10.3. The third-order valence-corrected chi connectivity index (χ3v) is 6.71. The van der Waals surface area contributed by atoms with Gasteiger partial charge in [0, 0.05) is 49.8 Å². The first-order chi connectivity index (χ1) is 13.3. The lowest BCUT2D eigenvalue weighted by Crippen LogP contribution is -2.56. The Bertz CT molecular complexity index is 872. The Morgan fingerprint density at radius 3 is 2.67 bits per heavy atom. The first kappa shape index (κ1) is 15.9. The Morgan fingerprint density at radius 2 is 1.96 bits per heavy atom. The minimum atomic E-state index is 0.316. The highest BCUT2D eigenvalue weighted by Crippen LogP contribution is 2.39. The Balaban J connectivity index is 1.30. The maximum atomic E-state index is 12.7. The fourth-order valence-corrected chi connectivity index (χ4v) is 5.12. The number of H-pyrrole nitrogens is 1. The Kier molecular flexibility index (Phi) is 3.48. The molecule has 4 fully saturated rings. The minimum absolute atomic E-state index is 0.316. The largest absolute Gasteiger partial charge is 0.381 e. The summed E-state index contributed by atoms with van der Waals surface area (Å²) in [6.07, 6.45) is 7.30. The molecular weight excluding hydrogens is 342 g/mol. The summed E-state index contributed by atoms with van der Waals surface area (Å²) in [4.78, 5) is 30.1. The zero-order chi connectivity index (χ0) is 18.0. The van der Waals surface area contributed by atoms with Crippen LogP contribution in [0.2, 0.25) is 0 Å². The van der Waals surface area contributed by atoms with E-state index in [-0.39, 0.29) is 0 Å². The van der Waals surface area contributed by atoms with Gasteiger partial charge in [0.1, 0.15) is 11.3 Å². The summed E-state index contributed by atoms with van der Waals surface area (Å²) in [5, 5.41) is 0. The number of pyridine rings is 1. The predicted octanol–water partition coefficient (Wildman–Crippen LogP) is 2.05. The van der Waals surface area contributed by atoms with Gasteiger partial charge in [-0.25, -0.2) is 9.97 Å². The molecule has 3 unspecified atom stereocenters. The van der Waals surface area contributed by atoms with Gasteiger partial charge in [0.15, 0.2) is 5.65 Å². The van der Waals surface area contributed by atoms with E-state index in [1.54, 1.807) is 0 Å². The van der Waals surface area contributed by atoms with E-state index >= 15 is 0 Å². The lowest BCUT2D eigenvalue weighted by molar-refractivity contribution is -0.135. The van der Waals surface area contributed by atoms with Crippen LogP contribution in [0.25, 0.3) is 11.2 Å². The molecule has 0 aromatic carbocycles. The van der Waals surface area contributed by atoms with Crippen molar-refractivity contribution in [1.82, 2.24) is 19.9 Å². The van der Waals surface area contributed by atoms with Crippen LogP contribution in [0.3, 0.4) is 0 Å². The maximum Gasteiger partial charge on any atom is 0.226 e. The summed E-state index contributed by atoms with van der Waals surface area (Å²) in [6.45, 7) is 3.37. The van der Waals surface area contributed by atoms with Crippen LogP contribution in [-0.2, 0) is 9.53 Å². The van der Waals surface area contributed by atoms with Crippen molar-refractivity contribution in [3.63, 3.8) is 0 Å². The van der Waals surface area contributed by atoms with Crippen LogP contribution >= 0.6 is 0 Å². The summed E-state index contributed by atoms with van der Waals surface area (Å²) in [6, 6.07) is 2.80. The highest BCUT2D eigenvalue weighted by atomic mass is 16.5. The van der Waals surface area contributed by atoms with Crippen LogP contribution in [0.15, 0.2) is 12.3 Å². The van der Waals surface area contributed by atoms with Gasteiger partial charge in [-0.3, -0.25) is 4.79 Å². The molecule has 142 valence electrons. The van der Waals surface area contributed by atoms with Crippen LogP contribution in [0.5, 0.6) is 0 Å². The molecule has 7 nitrogen and oxygen atoms in total. The van der Waals surface area contributed by atoms with Crippen molar-refractivity contribution in [1.29, 1.82) is 0 Å². The van der Waals surface area contributed by atoms with Gasteiger partial charge in [0.2, 0.25) is 5.91 Å². The highest BCUT2D eigenvalue weighted by molar-refractivity contribution is 5.87.